The molecule has 0 spiro atoms. The van der Waals surface area contributed by atoms with Gasteiger partial charge in [-0.25, -0.2) is 9.48 Å². The van der Waals surface area contributed by atoms with Crippen LogP contribution in [0.3, 0.4) is 0 Å². The van der Waals surface area contributed by atoms with Gasteiger partial charge in [0.15, 0.2) is 5.69 Å². The van der Waals surface area contributed by atoms with Crippen LogP contribution in [0.15, 0.2) is 0 Å². The quantitative estimate of drug-likeness (QED) is 0.861. The van der Waals surface area contributed by atoms with E-state index in [1.165, 1.54) is 0 Å². The first-order chi connectivity index (χ1) is 9.52. The minimum Gasteiger partial charge on any atom is -0.476 e. The summed E-state index contributed by atoms with van der Waals surface area (Å²) in [5.74, 6) is -0.971. The normalized spacial score (nSPS) is 20.5. The molecule has 1 N–H and O–H groups in total. The second kappa shape index (κ2) is 6.32. The van der Waals surface area contributed by atoms with Crippen molar-refractivity contribution in [2.45, 2.75) is 39.3 Å². The molecule has 112 valence electrons. The lowest BCUT2D eigenvalue weighted by atomic mass is 10.1. The molecule has 0 radical (unpaired) electrons. The third-order valence-corrected chi connectivity index (χ3v) is 3.57. The fourth-order valence-electron chi connectivity index (χ4n) is 2.55. The Kier molecular flexibility index (Phi) is 4.72. The average Bonchev–Trinajstić information content (AvgIpc) is 2.83. The first kappa shape index (κ1) is 14.9. The van der Waals surface area contributed by atoms with Gasteiger partial charge in [-0.15, -0.1) is 5.10 Å². The number of carboxylic acid groups (broad SMARTS) is 1. The summed E-state index contributed by atoms with van der Waals surface area (Å²) in [7, 11) is 0. The molecule has 1 fully saturated rings. The number of hydrogen-bond acceptors (Lipinski definition) is 5. The molecule has 1 saturated heterocycles. The van der Waals surface area contributed by atoms with Crippen LogP contribution < -0.4 is 0 Å². The van der Waals surface area contributed by atoms with Gasteiger partial charge in [0.25, 0.3) is 0 Å². The van der Waals surface area contributed by atoms with Crippen LogP contribution in [0.4, 0.5) is 0 Å². The summed E-state index contributed by atoms with van der Waals surface area (Å²) in [6, 6.07) is 0. The van der Waals surface area contributed by atoms with Crippen molar-refractivity contribution in [3.05, 3.63) is 11.4 Å². The van der Waals surface area contributed by atoms with E-state index < -0.39 is 5.97 Å². The number of rotatable bonds is 5. The smallest absolute Gasteiger partial charge is 0.358 e. The first-order valence-electron chi connectivity index (χ1n) is 7.03. The van der Waals surface area contributed by atoms with Gasteiger partial charge in [-0.3, -0.25) is 4.90 Å². The Labute approximate surface area is 118 Å². The Balaban J connectivity index is 2.15. The van der Waals surface area contributed by atoms with E-state index in [2.05, 4.69) is 22.1 Å². The minimum absolute atomic E-state index is 0.0320. The van der Waals surface area contributed by atoms with Gasteiger partial charge in [0.05, 0.1) is 24.9 Å². The predicted molar refractivity (Wildman–Crippen MR) is 72.9 cm³/mol. The van der Waals surface area contributed by atoms with Crippen molar-refractivity contribution >= 4 is 5.97 Å². The van der Waals surface area contributed by atoms with E-state index in [1.54, 1.807) is 4.68 Å². The Morgan fingerprint density at radius 1 is 1.55 bits per heavy atom. The van der Waals surface area contributed by atoms with E-state index in [-0.39, 0.29) is 17.7 Å². The summed E-state index contributed by atoms with van der Waals surface area (Å²) in [4.78, 5) is 13.5. The molecule has 7 nitrogen and oxygen atoms in total. The van der Waals surface area contributed by atoms with Gasteiger partial charge in [-0.1, -0.05) is 26.0 Å². The molecule has 0 saturated carbocycles. The maximum absolute atomic E-state index is 11.2. The minimum atomic E-state index is -1.03. The molecule has 0 amide bonds. The lowest BCUT2D eigenvalue weighted by Gasteiger charge is -2.32. The van der Waals surface area contributed by atoms with E-state index in [0.717, 1.165) is 19.6 Å². The van der Waals surface area contributed by atoms with Gasteiger partial charge in [0, 0.05) is 13.1 Å². The Morgan fingerprint density at radius 3 is 2.90 bits per heavy atom. The second-order valence-corrected chi connectivity index (χ2v) is 5.35. The molecule has 0 bridgehead atoms. The van der Waals surface area contributed by atoms with E-state index in [9.17, 15) is 4.79 Å². The largest absolute Gasteiger partial charge is 0.476 e. The summed E-state index contributed by atoms with van der Waals surface area (Å²) in [5, 5.41) is 16.9. The predicted octanol–water partition coefficient (Wildman–Crippen LogP) is 0.820. The zero-order chi connectivity index (χ0) is 14.7. The molecule has 2 heterocycles. The number of nitrogens with zero attached hydrogens (tertiary/aromatic N) is 4. The van der Waals surface area contributed by atoms with E-state index in [0.29, 0.717) is 18.8 Å². The zero-order valence-corrected chi connectivity index (χ0v) is 12.2. The van der Waals surface area contributed by atoms with Crippen molar-refractivity contribution in [2.24, 2.45) is 0 Å². The van der Waals surface area contributed by atoms with Crippen LogP contribution in [0.25, 0.3) is 0 Å². The maximum atomic E-state index is 11.2. The fourth-order valence-corrected chi connectivity index (χ4v) is 2.55. The van der Waals surface area contributed by atoms with Gasteiger partial charge < -0.3 is 9.84 Å². The molecular formula is C13H22N4O3. The van der Waals surface area contributed by atoms with Gasteiger partial charge in [-0.05, 0) is 12.5 Å². The Hall–Kier alpha value is -1.47. The van der Waals surface area contributed by atoms with Crippen molar-refractivity contribution in [3.63, 3.8) is 0 Å². The summed E-state index contributed by atoms with van der Waals surface area (Å²) in [5.41, 5.74) is 0.706. The number of hydrogen-bond donors (Lipinski definition) is 1. The zero-order valence-electron chi connectivity index (χ0n) is 12.2. The van der Waals surface area contributed by atoms with Crippen molar-refractivity contribution in [1.82, 2.24) is 19.9 Å². The third-order valence-electron chi connectivity index (χ3n) is 3.57. The number of likely N-dealkylation sites (N-methyl/N-ethyl adjacent to an activating group) is 1. The fraction of sp³-hybridized carbons (Fsp3) is 0.769. The van der Waals surface area contributed by atoms with Crippen LogP contribution >= 0.6 is 0 Å². The van der Waals surface area contributed by atoms with Crippen LogP contribution in [-0.2, 0) is 11.3 Å². The topological polar surface area (TPSA) is 80.5 Å². The average molecular weight is 282 g/mol. The lowest BCUT2D eigenvalue weighted by Crippen LogP contribution is -2.44. The van der Waals surface area contributed by atoms with Gasteiger partial charge in [0.2, 0.25) is 0 Å². The molecule has 1 aliphatic heterocycles. The Bertz CT molecular complexity index is 472. The first-order valence-corrected chi connectivity index (χ1v) is 7.03. The highest BCUT2D eigenvalue weighted by Crippen LogP contribution is 2.19. The molecule has 2 rings (SSSR count). The molecule has 1 atom stereocenters. The molecule has 1 aliphatic rings. The summed E-state index contributed by atoms with van der Waals surface area (Å²) in [6.07, 6.45) is 0.0320. The molecule has 1 aromatic heterocycles. The van der Waals surface area contributed by atoms with Crippen LogP contribution in [0.1, 0.15) is 42.9 Å². The van der Waals surface area contributed by atoms with E-state index in [4.69, 9.17) is 9.84 Å². The van der Waals surface area contributed by atoms with Crippen molar-refractivity contribution in [3.8, 4) is 0 Å². The molecular weight excluding hydrogens is 260 g/mol. The highest BCUT2D eigenvalue weighted by Gasteiger charge is 2.25. The van der Waals surface area contributed by atoms with Crippen molar-refractivity contribution < 1.29 is 14.6 Å². The number of carboxylic acids is 1. The van der Waals surface area contributed by atoms with Gasteiger partial charge >= 0.3 is 5.97 Å². The highest BCUT2D eigenvalue weighted by molar-refractivity contribution is 5.86. The van der Waals surface area contributed by atoms with Crippen LogP contribution in [0.2, 0.25) is 0 Å². The van der Waals surface area contributed by atoms with Crippen LogP contribution in [0.5, 0.6) is 0 Å². The SMILES string of the molecule is CCN1CCOC(Cn2nnc(C(=O)O)c2C(C)C)C1. The number of ether oxygens (including phenoxy) is 1. The maximum Gasteiger partial charge on any atom is 0.358 e. The standard InChI is InChI=1S/C13H22N4O3/c1-4-16-5-6-20-10(7-16)8-17-12(9(2)3)11(13(18)19)14-15-17/h9-10H,4-8H2,1-3H3,(H,18,19). The molecule has 0 aliphatic carbocycles. The number of aromatic nitrogens is 3. The number of morpholine rings is 1. The lowest BCUT2D eigenvalue weighted by molar-refractivity contribution is -0.0364. The van der Waals surface area contributed by atoms with Gasteiger partial charge in [0.1, 0.15) is 0 Å². The summed E-state index contributed by atoms with van der Waals surface area (Å²) < 4.78 is 7.42. The van der Waals surface area contributed by atoms with Crippen LogP contribution in [-0.4, -0.2) is 63.3 Å². The second-order valence-electron chi connectivity index (χ2n) is 5.35. The van der Waals surface area contributed by atoms with Crippen molar-refractivity contribution in [2.75, 3.05) is 26.2 Å². The third kappa shape index (κ3) is 3.16. The highest BCUT2D eigenvalue weighted by atomic mass is 16.5. The molecule has 1 unspecified atom stereocenters. The number of carbonyl (C=O) groups is 1. The van der Waals surface area contributed by atoms with Crippen molar-refractivity contribution in [1.29, 1.82) is 0 Å². The molecule has 1 aromatic rings. The number of aromatic carboxylic acids is 1. The van der Waals surface area contributed by atoms with Crippen LogP contribution in [0, 0.1) is 0 Å². The summed E-state index contributed by atoms with van der Waals surface area (Å²) >= 11 is 0. The molecule has 20 heavy (non-hydrogen) atoms. The van der Waals surface area contributed by atoms with Gasteiger partial charge in [-0.2, -0.15) is 0 Å². The molecule has 0 aromatic carbocycles. The molecule has 7 heteroatoms. The Morgan fingerprint density at radius 2 is 2.30 bits per heavy atom. The summed E-state index contributed by atoms with van der Waals surface area (Å²) in [6.45, 7) is 10.1. The van der Waals surface area contributed by atoms with E-state index in [1.807, 2.05) is 13.8 Å². The van der Waals surface area contributed by atoms with E-state index >= 15 is 0 Å². The monoisotopic (exact) mass is 282 g/mol.